The van der Waals surface area contributed by atoms with Crippen LogP contribution in [0.5, 0.6) is 0 Å². The van der Waals surface area contributed by atoms with Gasteiger partial charge < -0.3 is 9.30 Å². The molecule has 0 fully saturated rings. The van der Waals surface area contributed by atoms with Crippen molar-refractivity contribution in [2.75, 3.05) is 7.11 Å². The lowest BCUT2D eigenvalue weighted by molar-refractivity contribution is 0.0603. The van der Waals surface area contributed by atoms with E-state index in [-0.39, 0.29) is 5.97 Å². The Morgan fingerprint density at radius 2 is 1.71 bits per heavy atom. The van der Waals surface area contributed by atoms with Crippen LogP contribution in [0.3, 0.4) is 0 Å². The van der Waals surface area contributed by atoms with Crippen molar-refractivity contribution in [1.82, 2.24) is 4.57 Å². The molecule has 21 heavy (non-hydrogen) atoms. The van der Waals surface area contributed by atoms with Gasteiger partial charge in [-0.05, 0) is 43.7 Å². The van der Waals surface area contributed by atoms with E-state index in [0.29, 0.717) is 5.56 Å². The number of nitrogens with zero attached hydrogens (tertiary/aromatic N) is 1. The average Bonchev–Trinajstić information content (AvgIpc) is 2.93. The molecule has 3 rings (SSSR count). The number of benzene rings is 2. The highest BCUT2D eigenvalue weighted by atomic mass is 16.5. The van der Waals surface area contributed by atoms with Crippen molar-refractivity contribution in [2.45, 2.75) is 13.8 Å². The third-order valence-electron chi connectivity index (χ3n) is 3.77. The first-order valence-electron chi connectivity index (χ1n) is 6.88. The fraction of sp³-hybridized carbons (Fsp3) is 0.167. The molecule has 2 aromatic carbocycles. The third-order valence-corrected chi connectivity index (χ3v) is 3.77. The summed E-state index contributed by atoms with van der Waals surface area (Å²) >= 11 is 0. The monoisotopic (exact) mass is 279 g/mol. The van der Waals surface area contributed by atoms with E-state index in [1.807, 2.05) is 31.3 Å². The van der Waals surface area contributed by atoms with Crippen LogP contribution in [0.1, 0.15) is 21.5 Å². The summed E-state index contributed by atoms with van der Waals surface area (Å²) < 4.78 is 6.97. The first-order chi connectivity index (χ1) is 10.1. The maximum absolute atomic E-state index is 11.9. The number of fused-ring (bicyclic) bond motifs is 1. The molecule has 0 amide bonds. The molecule has 0 bridgehead atoms. The van der Waals surface area contributed by atoms with Crippen molar-refractivity contribution in [2.24, 2.45) is 0 Å². The number of methoxy groups -OCH3 is 1. The van der Waals surface area contributed by atoms with Gasteiger partial charge in [-0.25, -0.2) is 4.79 Å². The van der Waals surface area contributed by atoms with Crippen molar-refractivity contribution in [3.63, 3.8) is 0 Å². The lowest BCUT2D eigenvalue weighted by Crippen LogP contribution is -2.02. The van der Waals surface area contributed by atoms with E-state index in [9.17, 15) is 4.79 Å². The zero-order valence-electron chi connectivity index (χ0n) is 12.4. The Morgan fingerprint density at radius 3 is 2.38 bits per heavy atom. The normalized spacial score (nSPS) is 10.8. The maximum Gasteiger partial charge on any atom is 0.338 e. The Labute approximate surface area is 123 Å². The molecular weight excluding hydrogens is 262 g/mol. The average molecular weight is 279 g/mol. The van der Waals surface area contributed by atoms with Crippen LogP contribution in [0, 0.1) is 13.8 Å². The van der Waals surface area contributed by atoms with Crippen molar-refractivity contribution >= 4 is 16.9 Å². The topological polar surface area (TPSA) is 31.2 Å². The van der Waals surface area contributed by atoms with Gasteiger partial charge in [0.1, 0.15) is 0 Å². The number of aryl methyl sites for hydroxylation is 2. The van der Waals surface area contributed by atoms with E-state index in [1.54, 1.807) is 0 Å². The van der Waals surface area contributed by atoms with Gasteiger partial charge in [0.2, 0.25) is 0 Å². The fourth-order valence-corrected chi connectivity index (χ4v) is 2.64. The Morgan fingerprint density at radius 1 is 1.00 bits per heavy atom. The highest BCUT2D eigenvalue weighted by Crippen LogP contribution is 2.27. The molecule has 3 heteroatoms. The Balaban J connectivity index is 2.26. The second-order valence-electron chi connectivity index (χ2n) is 5.21. The quantitative estimate of drug-likeness (QED) is 0.663. The van der Waals surface area contributed by atoms with Gasteiger partial charge in [0.15, 0.2) is 0 Å². The van der Waals surface area contributed by atoms with E-state index in [2.05, 4.69) is 35.8 Å². The summed E-state index contributed by atoms with van der Waals surface area (Å²) in [5, 5.41) is 0.919. The van der Waals surface area contributed by atoms with Crippen LogP contribution < -0.4 is 0 Å². The zero-order valence-corrected chi connectivity index (χ0v) is 12.4. The summed E-state index contributed by atoms with van der Waals surface area (Å²) in [6.45, 7) is 4.12. The number of hydrogen-bond donors (Lipinski definition) is 0. The molecule has 0 radical (unpaired) electrons. The van der Waals surface area contributed by atoms with Gasteiger partial charge >= 0.3 is 5.97 Å². The van der Waals surface area contributed by atoms with Crippen LogP contribution in [-0.4, -0.2) is 17.6 Å². The van der Waals surface area contributed by atoms with Crippen LogP contribution in [-0.2, 0) is 4.74 Å². The summed E-state index contributed by atoms with van der Waals surface area (Å²) in [5.41, 5.74) is 5.08. The van der Waals surface area contributed by atoms with E-state index in [1.165, 1.54) is 12.7 Å². The molecule has 0 aliphatic carbocycles. The van der Waals surface area contributed by atoms with Crippen molar-refractivity contribution in [1.29, 1.82) is 0 Å². The molecule has 0 spiro atoms. The molecule has 0 unspecified atom stereocenters. The van der Waals surface area contributed by atoms with Crippen LogP contribution >= 0.6 is 0 Å². The van der Waals surface area contributed by atoms with Crippen LogP contribution in [0.2, 0.25) is 0 Å². The minimum atomic E-state index is -0.304. The van der Waals surface area contributed by atoms with Crippen molar-refractivity contribution < 1.29 is 9.53 Å². The summed E-state index contributed by atoms with van der Waals surface area (Å²) in [6.07, 6.45) is 1.99. The molecule has 0 saturated heterocycles. The number of hydrogen-bond acceptors (Lipinski definition) is 2. The van der Waals surface area contributed by atoms with Gasteiger partial charge in [-0.1, -0.05) is 23.8 Å². The smallest absolute Gasteiger partial charge is 0.338 e. The van der Waals surface area contributed by atoms with E-state index < -0.39 is 0 Å². The van der Waals surface area contributed by atoms with Gasteiger partial charge in [-0.15, -0.1) is 0 Å². The zero-order chi connectivity index (χ0) is 15.0. The summed E-state index contributed by atoms with van der Waals surface area (Å²) in [4.78, 5) is 11.9. The van der Waals surface area contributed by atoms with Gasteiger partial charge in [-0.3, -0.25) is 0 Å². The van der Waals surface area contributed by atoms with Crippen LogP contribution in [0.4, 0.5) is 0 Å². The van der Waals surface area contributed by atoms with Gasteiger partial charge in [0, 0.05) is 17.3 Å². The van der Waals surface area contributed by atoms with Gasteiger partial charge in [0.25, 0.3) is 0 Å². The molecule has 106 valence electrons. The molecule has 1 aromatic heterocycles. The lowest BCUT2D eigenvalue weighted by Gasteiger charge is -2.09. The number of rotatable bonds is 2. The van der Waals surface area contributed by atoms with E-state index in [4.69, 9.17) is 4.74 Å². The number of esters is 1. The van der Waals surface area contributed by atoms with E-state index >= 15 is 0 Å². The molecule has 0 atom stereocenters. The lowest BCUT2D eigenvalue weighted by atomic mass is 10.1. The van der Waals surface area contributed by atoms with Crippen LogP contribution in [0.15, 0.2) is 48.7 Å². The molecule has 1 heterocycles. The van der Waals surface area contributed by atoms with Gasteiger partial charge in [-0.2, -0.15) is 0 Å². The largest absolute Gasteiger partial charge is 0.465 e. The maximum atomic E-state index is 11.9. The summed E-state index contributed by atoms with van der Waals surface area (Å²) in [5.74, 6) is -0.304. The molecular formula is C18H17NO2. The number of aromatic nitrogens is 1. The minimum absolute atomic E-state index is 0.304. The third kappa shape index (κ3) is 2.21. The number of ether oxygens (including phenoxy) is 1. The van der Waals surface area contributed by atoms with Gasteiger partial charge in [0.05, 0.1) is 18.2 Å². The second kappa shape index (κ2) is 5.09. The highest BCUT2D eigenvalue weighted by Gasteiger charge is 2.15. The number of carbonyl (C=O) groups is 1. The fourth-order valence-electron chi connectivity index (χ4n) is 2.64. The van der Waals surface area contributed by atoms with Crippen molar-refractivity contribution in [3.05, 3.63) is 65.4 Å². The Kier molecular flexibility index (Phi) is 3.26. The highest BCUT2D eigenvalue weighted by molar-refractivity contribution is 6.05. The molecule has 3 nitrogen and oxygen atoms in total. The second-order valence-corrected chi connectivity index (χ2v) is 5.21. The predicted molar refractivity (Wildman–Crippen MR) is 84.1 cm³/mol. The standard InChI is InChI=1S/C18H17NO2/c1-12-4-7-14(8-5-12)19-11-10-15-16(18(20)21-3)9-6-13(2)17(15)19/h4-11H,1-3H3. The van der Waals surface area contributed by atoms with Crippen molar-refractivity contribution in [3.8, 4) is 5.69 Å². The Hall–Kier alpha value is -2.55. The SMILES string of the molecule is COC(=O)c1ccc(C)c2c1ccn2-c1ccc(C)cc1. The Bertz CT molecular complexity index is 813. The molecule has 0 saturated carbocycles. The van der Waals surface area contributed by atoms with Crippen LogP contribution in [0.25, 0.3) is 16.6 Å². The molecule has 0 aliphatic heterocycles. The molecule has 0 aliphatic rings. The molecule has 3 aromatic rings. The number of carbonyl (C=O) groups excluding carboxylic acids is 1. The first kappa shape index (κ1) is 13.4. The predicted octanol–water partition coefficient (Wildman–Crippen LogP) is 4.03. The van der Waals surface area contributed by atoms with E-state index in [0.717, 1.165) is 22.2 Å². The molecule has 0 N–H and O–H groups in total. The summed E-state index contributed by atoms with van der Waals surface area (Å²) in [6, 6.07) is 14.1. The first-order valence-corrected chi connectivity index (χ1v) is 6.88. The summed E-state index contributed by atoms with van der Waals surface area (Å²) in [7, 11) is 1.41. The minimum Gasteiger partial charge on any atom is -0.465 e.